The van der Waals surface area contributed by atoms with Crippen LogP contribution in [0.3, 0.4) is 0 Å². The van der Waals surface area contributed by atoms with Crippen molar-refractivity contribution in [2.45, 2.75) is 0 Å². The summed E-state index contributed by atoms with van der Waals surface area (Å²) in [5.41, 5.74) is 1.74. The average molecular weight is 500 g/mol. The Bertz CT molecular complexity index is 1340. The Morgan fingerprint density at radius 3 is 2.28 bits per heavy atom. The van der Waals surface area contributed by atoms with E-state index in [9.17, 15) is 9.59 Å². The number of rotatable bonds is 4. The Labute approximate surface area is 203 Å². The molecule has 0 saturated heterocycles. The van der Waals surface area contributed by atoms with Crippen LogP contribution < -0.4 is 16.0 Å². The van der Waals surface area contributed by atoms with Gasteiger partial charge in [-0.2, -0.15) is 0 Å². The summed E-state index contributed by atoms with van der Waals surface area (Å²) >= 11 is 18.9. The molecule has 5 nitrogen and oxygen atoms in total. The van der Waals surface area contributed by atoms with E-state index in [1.807, 2.05) is 6.07 Å². The summed E-state index contributed by atoms with van der Waals surface area (Å²) in [5, 5.41) is 10.2. The molecular formula is C23H15Cl2N3O2S2. The molecule has 0 saturated carbocycles. The van der Waals surface area contributed by atoms with E-state index in [0.29, 0.717) is 31.9 Å². The molecule has 0 aliphatic carbocycles. The first-order chi connectivity index (χ1) is 15.4. The second kappa shape index (κ2) is 9.67. The normalized spacial score (nSPS) is 10.6. The van der Waals surface area contributed by atoms with Crippen LogP contribution in [-0.2, 0) is 0 Å². The lowest BCUT2D eigenvalue weighted by molar-refractivity contribution is 0.0980. The van der Waals surface area contributed by atoms with Gasteiger partial charge in [0.05, 0.1) is 5.02 Å². The van der Waals surface area contributed by atoms with Crippen LogP contribution in [0.5, 0.6) is 0 Å². The predicted octanol–water partition coefficient (Wildman–Crippen LogP) is 6.59. The number of carbonyl (C=O) groups excluding carboxylic acids is 2. The Balaban J connectivity index is 1.42. The standard InChI is InChI=1S/C23H15Cl2N3O2S2/c24-14-9-10-17-18(11-14)32-20(19(17)25)22(30)28-23(31)27-16-8-4-7-15(12-16)26-21(29)13-5-2-1-3-6-13/h1-12H,(H,26,29)(H2,27,28,30,31). The molecule has 1 heterocycles. The Morgan fingerprint density at radius 1 is 0.812 bits per heavy atom. The lowest BCUT2D eigenvalue weighted by Crippen LogP contribution is -2.33. The van der Waals surface area contributed by atoms with E-state index in [1.54, 1.807) is 66.7 Å². The quantitative estimate of drug-likeness (QED) is 0.277. The van der Waals surface area contributed by atoms with Crippen molar-refractivity contribution in [2.24, 2.45) is 0 Å². The summed E-state index contributed by atoms with van der Waals surface area (Å²) in [6.07, 6.45) is 0. The number of hydrogen-bond acceptors (Lipinski definition) is 4. The van der Waals surface area contributed by atoms with E-state index in [1.165, 1.54) is 11.3 Å². The molecule has 32 heavy (non-hydrogen) atoms. The van der Waals surface area contributed by atoms with Crippen LogP contribution in [-0.4, -0.2) is 16.9 Å². The molecular weight excluding hydrogens is 485 g/mol. The van der Waals surface area contributed by atoms with Crippen LogP contribution in [0.2, 0.25) is 10.0 Å². The van der Waals surface area contributed by atoms with E-state index in [4.69, 9.17) is 35.4 Å². The third-order valence-electron chi connectivity index (χ3n) is 4.44. The van der Waals surface area contributed by atoms with E-state index < -0.39 is 5.91 Å². The molecule has 4 rings (SSSR count). The van der Waals surface area contributed by atoms with Gasteiger partial charge in [-0.25, -0.2) is 0 Å². The number of anilines is 2. The van der Waals surface area contributed by atoms with Gasteiger partial charge in [-0.1, -0.05) is 53.5 Å². The number of halogens is 2. The smallest absolute Gasteiger partial charge is 0.269 e. The van der Waals surface area contributed by atoms with Gasteiger partial charge in [0.2, 0.25) is 0 Å². The molecule has 0 atom stereocenters. The Morgan fingerprint density at radius 2 is 1.53 bits per heavy atom. The highest BCUT2D eigenvalue weighted by Crippen LogP contribution is 2.36. The summed E-state index contributed by atoms with van der Waals surface area (Å²) in [5.74, 6) is -0.642. The Hall–Kier alpha value is -2.97. The van der Waals surface area contributed by atoms with Crippen molar-refractivity contribution >= 4 is 85.1 Å². The van der Waals surface area contributed by atoms with Gasteiger partial charge in [0.15, 0.2) is 5.11 Å². The summed E-state index contributed by atoms with van der Waals surface area (Å²) in [4.78, 5) is 25.4. The molecule has 160 valence electrons. The molecule has 0 radical (unpaired) electrons. The van der Waals surface area contributed by atoms with Crippen molar-refractivity contribution in [2.75, 3.05) is 10.6 Å². The minimum absolute atomic E-state index is 0.105. The van der Waals surface area contributed by atoms with Gasteiger partial charge in [-0.05, 0) is 54.7 Å². The zero-order valence-electron chi connectivity index (χ0n) is 16.3. The van der Waals surface area contributed by atoms with Crippen LogP contribution >= 0.6 is 46.8 Å². The van der Waals surface area contributed by atoms with Crippen molar-refractivity contribution in [1.29, 1.82) is 0 Å². The second-order valence-corrected chi connectivity index (χ2v) is 8.97. The molecule has 2 amide bonds. The van der Waals surface area contributed by atoms with Crippen molar-refractivity contribution in [3.05, 3.63) is 93.3 Å². The van der Waals surface area contributed by atoms with Gasteiger partial charge in [0.25, 0.3) is 11.8 Å². The predicted molar refractivity (Wildman–Crippen MR) is 136 cm³/mol. The zero-order chi connectivity index (χ0) is 22.7. The number of carbonyl (C=O) groups is 2. The van der Waals surface area contributed by atoms with E-state index in [2.05, 4.69) is 16.0 Å². The SMILES string of the molecule is O=C(Nc1cccc(NC(=S)NC(=O)c2sc3cc(Cl)ccc3c2Cl)c1)c1ccccc1. The fourth-order valence-electron chi connectivity index (χ4n) is 2.97. The van der Waals surface area contributed by atoms with E-state index in [-0.39, 0.29) is 11.0 Å². The maximum Gasteiger partial charge on any atom is 0.269 e. The molecule has 9 heteroatoms. The summed E-state index contributed by atoms with van der Waals surface area (Å²) in [6.45, 7) is 0. The molecule has 1 aromatic heterocycles. The van der Waals surface area contributed by atoms with Gasteiger partial charge in [0, 0.05) is 32.0 Å². The maximum absolute atomic E-state index is 12.7. The lowest BCUT2D eigenvalue weighted by atomic mass is 10.2. The lowest BCUT2D eigenvalue weighted by Gasteiger charge is -2.11. The average Bonchev–Trinajstić information content (AvgIpc) is 3.10. The second-order valence-electron chi connectivity index (χ2n) is 6.69. The van der Waals surface area contributed by atoms with Crippen LogP contribution in [0.15, 0.2) is 72.8 Å². The van der Waals surface area contributed by atoms with E-state index in [0.717, 1.165) is 10.1 Å². The first-order valence-electron chi connectivity index (χ1n) is 9.37. The van der Waals surface area contributed by atoms with Gasteiger partial charge < -0.3 is 10.6 Å². The molecule has 3 N–H and O–H groups in total. The highest BCUT2D eigenvalue weighted by molar-refractivity contribution is 7.80. The number of thiophene rings is 1. The largest absolute Gasteiger partial charge is 0.332 e. The number of nitrogens with one attached hydrogen (secondary N) is 3. The molecule has 0 bridgehead atoms. The van der Waals surface area contributed by atoms with Gasteiger partial charge in [-0.3, -0.25) is 14.9 Å². The van der Waals surface area contributed by atoms with Gasteiger partial charge in [0.1, 0.15) is 4.88 Å². The highest BCUT2D eigenvalue weighted by atomic mass is 35.5. The van der Waals surface area contributed by atoms with Crippen LogP contribution in [0.25, 0.3) is 10.1 Å². The zero-order valence-corrected chi connectivity index (χ0v) is 19.5. The Kier molecular flexibility index (Phi) is 6.72. The van der Waals surface area contributed by atoms with Gasteiger partial charge in [-0.15, -0.1) is 11.3 Å². The number of thiocarbonyl (C=S) groups is 1. The minimum Gasteiger partial charge on any atom is -0.332 e. The van der Waals surface area contributed by atoms with Crippen LogP contribution in [0.1, 0.15) is 20.0 Å². The molecule has 0 fully saturated rings. The molecule has 0 aliphatic rings. The van der Waals surface area contributed by atoms with Crippen molar-refractivity contribution in [3.63, 3.8) is 0 Å². The van der Waals surface area contributed by atoms with Crippen molar-refractivity contribution < 1.29 is 9.59 Å². The van der Waals surface area contributed by atoms with Crippen LogP contribution in [0.4, 0.5) is 11.4 Å². The van der Waals surface area contributed by atoms with Crippen molar-refractivity contribution in [3.8, 4) is 0 Å². The monoisotopic (exact) mass is 499 g/mol. The first-order valence-corrected chi connectivity index (χ1v) is 11.3. The van der Waals surface area contributed by atoms with Crippen molar-refractivity contribution in [1.82, 2.24) is 5.32 Å². The summed E-state index contributed by atoms with van der Waals surface area (Å²) in [6, 6.07) is 21.2. The maximum atomic E-state index is 12.7. The van der Waals surface area contributed by atoms with E-state index >= 15 is 0 Å². The highest BCUT2D eigenvalue weighted by Gasteiger charge is 2.18. The fraction of sp³-hybridized carbons (Fsp3) is 0. The molecule has 0 aliphatic heterocycles. The minimum atomic E-state index is -0.418. The third-order valence-corrected chi connectivity index (χ3v) is 6.53. The van der Waals surface area contributed by atoms with Crippen LogP contribution in [0, 0.1) is 0 Å². The summed E-state index contributed by atoms with van der Waals surface area (Å²) < 4.78 is 0.813. The topological polar surface area (TPSA) is 70.2 Å². The molecule has 3 aromatic carbocycles. The molecule has 0 spiro atoms. The van der Waals surface area contributed by atoms with Gasteiger partial charge >= 0.3 is 0 Å². The fourth-order valence-corrected chi connectivity index (χ4v) is 4.87. The molecule has 0 unspecified atom stereocenters. The third kappa shape index (κ3) is 5.08. The number of benzene rings is 3. The number of hydrogen-bond donors (Lipinski definition) is 3. The number of amides is 2. The summed E-state index contributed by atoms with van der Waals surface area (Å²) in [7, 11) is 0. The number of fused-ring (bicyclic) bond motifs is 1. The first kappa shape index (κ1) is 22.2. The molecule has 4 aromatic rings.